The van der Waals surface area contributed by atoms with Crippen LogP contribution in [0.4, 0.5) is 0 Å². The molecule has 0 aromatic heterocycles. The molecule has 0 saturated heterocycles. The van der Waals surface area contributed by atoms with E-state index < -0.39 is 0 Å². The van der Waals surface area contributed by atoms with Crippen molar-refractivity contribution in [1.82, 2.24) is 0 Å². The van der Waals surface area contributed by atoms with Gasteiger partial charge in [0, 0.05) is 0 Å². The van der Waals surface area contributed by atoms with Gasteiger partial charge in [-0.05, 0) is 13.8 Å². The number of halogens is 2. The van der Waals surface area contributed by atoms with Crippen LogP contribution in [0.2, 0.25) is 0 Å². The van der Waals surface area contributed by atoms with Crippen molar-refractivity contribution in [2.24, 2.45) is 0 Å². The maximum Gasteiger partial charge on any atom is 4.00 e. The molecule has 1 aromatic carbocycles. The van der Waals surface area contributed by atoms with Crippen molar-refractivity contribution in [3.8, 4) is 0 Å². The van der Waals surface area contributed by atoms with E-state index in [1.807, 2.05) is 68.5 Å². The third-order valence-electron chi connectivity index (χ3n) is 2.16. The standard InChI is InChI=1S/C9H12N.C5H5.2ClH.Ti/c1-7(2)8-5-3-4-6-9(8)10;1-2-4-5-3-1;;;/h3-6,9-10H,1-2H3;1-5H;2*1H;/q2*-1;;;+4/p-2. The Bertz CT molecular complexity index is 346. The van der Waals surface area contributed by atoms with Gasteiger partial charge in [-0.25, -0.2) is 12.1 Å². The molecule has 0 bridgehead atoms. The molecule has 1 aliphatic carbocycles. The van der Waals surface area contributed by atoms with Crippen LogP contribution in [0.5, 0.6) is 0 Å². The van der Waals surface area contributed by atoms with Crippen LogP contribution in [-0.2, 0) is 21.7 Å². The van der Waals surface area contributed by atoms with Crippen molar-refractivity contribution < 1.29 is 46.5 Å². The predicted octanol–water partition coefficient (Wildman–Crippen LogP) is -1.72. The molecule has 18 heavy (non-hydrogen) atoms. The number of rotatable bonds is 0. The second kappa shape index (κ2) is 13.3. The normalized spacial score (nSPS) is 15.3. The molecule has 0 fully saturated rings. The zero-order valence-corrected chi connectivity index (χ0v) is 13.6. The summed E-state index contributed by atoms with van der Waals surface area (Å²) >= 11 is 0. The van der Waals surface area contributed by atoms with Gasteiger partial charge in [0.15, 0.2) is 0 Å². The third kappa shape index (κ3) is 8.85. The molecule has 4 heteroatoms. The third-order valence-corrected chi connectivity index (χ3v) is 2.16. The van der Waals surface area contributed by atoms with E-state index in [4.69, 9.17) is 5.73 Å². The van der Waals surface area contributed by atoms with Gasteiger partial charge in [-0.1, -0.05) is 41.5 Å². The quantitative estimate of drug-likeness (QED) is 0.402. The van der Waals surface area contributed by atoms with Crippen LogP contribution >= 0.6 is 0 Å². The van der Waals surface area contributed by atoms with Crippen LogP contribution in [0.25, 0.3) is 5.73 Å². The fourth-order valence-electron chi connectivity index (χ4n) is 1.34. The largest absolute Gasteiger partial charge is 4.00 e. The monoisotopic (exact) mass is 317 g/mol. The summed E-state index contributed by atoms with van der Waals surface area (Å²) in [6, 6.07) is 9.86. The minimum atomic E-state index is -0.144. The van der Waals surface area contributed by atoms with Crippen LogP contribution in [0.15, 0.2) is 65.8 Å². The molecule has 0 saturated carbocycles. The molecule has 1 aromatic rings. The van der Waals surface area contributed by atoms with E-state index >= 15 is 0 Å². The van der Waals surface area contributed by atoms with Gasteiger partial charge < -0.3 is 30.5 Å². The molecule has 0 radical (unpaired) electrons. The molecule has 0 amide bonds. The molecule has 1 atom stereocenters. The Morgan fingerprint density at radius 3 is 1.94 bits per heavy atom. The van der Waals surface area contributed by atoms with Crippen molar-refractivity contribution in [1.29, 1.82) is 0 Å². The van der Waals surface area contributed by atoms with Crippen LogP contribution in [-0.4, -0.2) is 6.04 Å². The van der Waals surface area contributed by atoms with Gasteiger partial charge in [0.2, 0.25) is 0 Å². The van der Waals surface area contributed by atoms with E-state index in [0.29, 0.717) is 0 Å². The summed E-state index contributed by atoms with van der Waals surface area (Å²) in [6.07, 6.45) is 7.80. The molecular formula is C14H17Cl2NTi. The summed E-state index contributed by atoms with van der Waals surface area (Å²) < 4.78 is 0. The van der Waals surface area contributed by atoms with Crippen molar-refractivity contribution in [3.63, 3.8) is 0 Å². The van der Waals surface area contributed by atoms with Gasteiger partial charge in [0.1, 0.15) is 0 Å². The van der Waals surface area contributed by atoms with Gasteiger partial charge in [-0.15, -0.1) is 0 Å². The minimum absolute atomic E-state index is 0. The Labute approximate surface area is 137 Å². The van der Waals surface area contributed by atoms with Gasteiger partial charge >= 0.3 is 21.7 Å². The Balaban J connectivity index is -0.000000245. The smallest absolute Gasteiger partial charge is 1.00 e. The molecule has 2 rings (SSSR count). The molecule has 1 aliphatic rings. The van der Waals surface area contributed by atoms with Gasteiger partial charge in [0.25, 0.3) is 0 Å². The summed E-state index contributed by atoms with van der Waals surface area (Å²) in [5, 5.41) is 0. The van der Waals surface area contributed by atoms with E-state index in [-0.39, 0.29) is 52.6 Å². The van der Waals surface area contributed by atoms with Crippen LogP contribution in [0.1, 0.15) is 13.8 Å². The molecule has 96 valence electrons. The SMILES string of the molecule is CC(C)=C1C=CC=CC1[NH-].[Cl-].[Cl-].[Ti+4].c1cc[cH-]c1. The molecule has 0 aliphatic heterocycles. The molecule has 1 unspecified atom stereocenters. The van der Waals surface area contributed by atoms with Crippen molar-refractivity contribution >= 4 is 0 Å². The number of nitrogens with one attached hydrogen (secondary N) is 1. The van der Waals surface area contributed by atoms with Crippen molar-refractivity contribution in [2.75, 3.05) is 0 Å². The zero-order valence-electron chi connectivity index (χ0n) is 10.5. The second-order valence-electron chi connectivity index (χ2n) is 3.64. The summed E-state index contributed by atoms with van der Waals surface area (Å²) in [5.41, 5.74) is 9.93. The van der Waals surface area contributed by atoms with E-state index in [9.17, 15) is 0 Å². The summed E-state index contributed by atoms with van der Waals surface area (Å²) in [4.78, 5) is 0. The van der Waals surface area contributed by atoms with Crippen molar-refractivity contribution in [3.05, 3.63) is 71.5 Å². The number of allylic oxidation sites excluding steroid dienone is 3. The van der Waals surface area contributed by atoms with E-state index in [1.54, 1.807) is 0 Å². The average molecular weight is 318 g/mol. The molecule has 0 spiro atoms. The number of hydrogen-bond acceptors (Lipinski definition) is 0. The Morgan fingerprint density at radius 1 is 1.11 bits per heavy atom. The average Bonchev–Trinajstić information content (AvgIpc) is 2.75. The topological polar surface area (TPSA) is 23.8 Å². The summed E-state index contributed by atoms with van der Waals surface area (Å²) in [7, 11) is 0. The molecule has 1 N–H and O–H groups in total. The molecule has 0 heterocycles. The Morgan fingerprint density at radius 2 is 1.67 bits per heavy atom. The minimum Gasteiger partial charge on any atom is -1.00 e. The summed E-state index contributed by atoms with van der Waals surface area (Å²) in [5.74, 6) is 0. The van der Waals surface area contributed by atoms with E-state index in [1.165, 1.54) is 5.57 Å². The second-order valence-corrected chi connectivity index (χ2v) is 3.64. The maximum absolute atomic E-state index is 7.56. The van der Waals surface area contributed by atoms with Gasteiger partial charge in [-0.2, -0.15) is 18.2 Å². The first-order valence-electron chi connectivity index (χ1n) is 5.12. The zero-order chi connectivity index (χ0) is 11.1. The molecular weight excluding hydrogens is 301 g/mol. The van der Waals surface area contributed by atoms with E-state index in [2.05, 4.69) is 0 Å². The molecule has 1 nitrogen and oxygen atoms in total. The van der Waals surface area contributed by atoms with Crippen LogP contribution < -0.4 is 24.8 Å². The van der Waals surface area contributed by atoms with E-state index in [0.717, 1.165) is 5.57 Å². The first-order chi connectivity index (χ1) is 7.22. The first kappa shape index (κ1) is 23.0. The van der Waals surface area contributed by atoms with Gasteiger partial charge in [0.05, 0.1) is 0 Å². The summed E-state index contributed by atoms with van der Waals surface area (Å²) in [6.45, 7) is 4.08. The predicted molar refractivity (Wildman–Crippen MR) is 66.8 cm³/mol. The fourth-order valence-corrected chi connectivity index (χ4v) is 1.34. The maximum atomic E-state index is 7.56. The fraction of sp³-hybridized carbons (Fsp3) is 0.214. The number of hydrogen-bond donors (Lipinski definition) is 0. The Kier molecular flexibility index (Phi) is 16.9. The first-order valence-corrected chi connectivity index (χ1v) is 5.12. The van der Waals surface area contributed by atoms with Gasteiger partial charge in [-0.3, -0.25) is 0 Å². The van der Waals surface area contributed by atoms with Crippen molar-refractivity contribution in [2.45, 2.75) is 19.9 Å². The van der Waals surface area contributed by atoms with Crippen LogP contribution in [0, 0.1) is 0 Å². The van der Waals surface area contributed by atoms with Crippen LogP contribution in [0.3, 0.4) is 0 Å². The Hall–Kier alpha value is -0.176.